The largest absolute Gasteiger partial charge is 0.497 e. The number of benzene rings is 1. The van der Waals surface area contributed by atoms with Crippen LogP contribution in [-0.4, -0.2) is 13.7 Å². The summed E-state index contributed by atoms with van der Waals surface area (Å²) in [6, 6.07) is 8.31. The molecule has 2 nitrogen and oxygen atoms in total. The van der Waals surface area contributed by atoms with E-state index in [-0.39, 0.29) is 12.4 Å². The molecule has 0 spiro atoms. The number of rotatable bonds is 5. The van der Waals surface area contributed by atoms with Crippen LogP contribution >= 0.6 is 12.4 Å². The molecule has 1 aliphatic carbocycles. The lowest BCUT2D eigenvalue weighted by Crippen LogP contribution is -2.24. The molecule has 1 aliphatic rings. The second kappa shape index (κ2) is 8.39. The van der Waals surface area contributed by atoms with Crippen molar-refractivity contribution in [3.8, 4) is 5.75 Å². The Bertz CT molecular complexity index is 320. The summed E-state index contributed by atoms with van der Waals surface area (Å²) in [7, 11) is 1.70. The van der Waals surface area contributed by atoms with Gasteiger partial charge in [0.15, 0.2) is 0 Å². The van der Waals surface area contributed by atoms with Gasteiger partial charge in [-0.15, -0.1) is 12.4 Å². The first-order valence-corrected chi connectivity index (χ1v) is 6.72. The number of methoxy groups -OCH3 is 1. The van der Waals surface area contributed by atoms with Crippen LogP contribution in [0.4, 0.5) is 0 Å². The number of ether oxygens (including phenoxy) is 1. The van der Waals surface area contributed by atoms with Crippen LogP contribution in [0.15, 0.2) is 24.3 Å². The van der Waals surface area contributed by atoms with E-state index in [1.54, 1.807) is 7.11 Å². The van der Waals surface area contributed by atoms with E-state index in [0.717, 1.165) is 18.2 Å². The van der Waals surface area contributed by atoms with Crippen molar-refractivity contribution in [2.24, 2.45) is 5.92 Å². The van der Waals surface area contributed by atoms with E-state index in [2.05, 4.69) is 17.4 Å². The first kappa shape index (κ1) is 15.3. The Kier molecular flexibility index (Phi) is 7.14. The maximum absolute atomic E-state index is 5.15. The Morgan fingerprint density at radius 2 is 1.78 bits per heavy atom. The molecule has 1 N–H and O–H groups in total. The van der Waals surface area contributed by atoms with Gasteiger partial charge < -0.3 is 10.1 Å². The Labute approximate surface area is 117 Å². The summed E-state index contributed by atoms with van der Waals surface area (Å²) >= 11 is 0. The van der Waals surface area contributed by atoms with Crippen molar-refractivity contribution >= 4 is 12.4 Å². The van der Waals surface area contributed by atoms with Crippen molar-refractivity contribution in [3.05, 3.63) is 29.8 Å². The molecule has 1 aromatic carbocycles. The quantitative estimate of drug-likeness (QED) is 0.878. The third-order valence-electron chi connectivity index (χ3n) is 3.65. The molecular weight excluding hydrogens is 246 g/mol. The Balaban J connectivity index is 0.00000162. The molecule has 0 bridgehead atoms. The van der Waals surface area contributed by atoms with Gasteiger partial charge in [-0.3, -0.25) is 0 Å². The smallest absolute Gasteiger partial charge is 0.118 e. The van der Waals surface area contributed by atoms with Crippen LogP contribution < -0.4 is 10.1 Å². The van der Waals surface area contributed by atoms with Gasteiger partial charge in [0.2, 0.25) is 0 Å². The highest BCUT2D eigenvalue weighted by Gasteiger charge is 2.12. The maximum Gasteiger partial charge on any atom is 0.118 e. The highest BCUT2D eigenvalue weighted by Crippen LogP contribution is 2.22. The van der Waals surface area contributed by atoms with E-state index in [9.17, 15) is 0 Å². The molecule has 0 unspecified atom stereocenters. The van der Waals surface area contributed by atoms with Gasteiger partial charge >= 0.3 is 0 Å². The molecule has 1 fully saturated rings. The number of hydrogen-bond donors (Lipinski definition) is 1. The first-order valence-electron chi connectivity index (χ1n) is 6.72. The minimum absolute atomic E-state index is 0. The number of hydrogen-bond acceptors (Lipinski definition) is 2. The highest BCUT2D eigenvalue weighted by atomic mass is 35.5. The molecule has 2 rings (SSSR count). The molecule has 0 aromatic heterocycles. The summed E-state index contributed by atoms with van der Waals surface area (Å²) in [6.45, 7) is 2.15. The van der Waals surface area contributed by atoms with E-state index < -0.39 is 0 Å². The van der Waals surface area contributed by atoms with Crippen molar-refractivity contribution in [1.82, 2.24) is 5.32 Å². The predicted molar refractivity (Wildman–Crippen MR) is 78.5 cm³/mol. The van der Waals surface area contributed by atoms with E-state index in [1.807, 2.05) is 12.1 Å². The molecule has 102 valence electrons. The number of nitrogens with one attached hydrogen (secondary N) is 1. The molecule has 0 radical (unpaired) electrons. The molecule has 3 heteroatoms. The monoisotopic (exact) mass is 269 g/mol. The fourth-order valence-corrected chi connectivity index (χ4v) is 2.56. The van der Waals surface area contributed by atoms with Crippen LogP contribution in [0.3, 0.4) is 0 Å². The molecule has 0 saturated heterocycles. The minimum atomic E-state index is 0. The topological polar surface area (TPSA) is 21.3 Å². The van der Waals surface area contributed by atoms with E-state index in [0.29, 0.717) is 0 Å². The van der Waals surface area contributed by atoms with Crippen molar-refractivity contribution in [3.63, 3.8) is 0 Å². The minimum Gasteiger partial charge on any atom is -0.497 e. The second-order valence-electron chi connectivity index (χ2n) is 4.98. The fourth-order valence-electron chi connectivity index (χ4n) is 2.56. The van der Waals surface area contributed by atoms with Crippen LogP contribution in [0.5, 0.6) is 5.75 Å². The van der Waals surface area contributed by atoms with Gasteiger partial charge in [-0.05, 0) is 43.0 Å². The third-order valence-corrected chi connectivity index (χ3v) is 3.65. The lowest BCUT2D eigenvalue weighted by molar-refractivity contribution is 0.342. The van der Waals surface area contributed by atoms with Gasteiger partial charge in [0.1, 0.15) is 5.75 Å². The molecule has 18 heavy (non-hydrogen) atoms. The Hall–Kier alpha value is -0.730. The van der Waals surface area contributed by atoms with Crippen molar-refractivity contribution in [1.29, 1.82) is 0 Å². The standard InChI is InChI=1S/C15H23NO.ClH/c1-17-15-9-7-14(8-10-15)12-16-11-13-5-3-2-4-6-13;/h7-10,13,16H,2-6,11-12H2,1H3;1H. The van der Waals surface area contributed by atoms with Crippen LogP contribution in [0, 0.1) is 5.92 Å². The summed E-state index contributed by atoms with van der Waals surface area (Å²) in [5.41, 5.74) is 1.33. The summed E-state index contributed by atoms with van der Waals surface area (Å²) in [4.78, 5) is 0. The van der Waals surface area contributed by atoms with E-state index >= 15 is 0 Å². The molecule has 0 amide bonds. The molecule has 0 heterocycles. The van der Waals surface area contributed by atoms with Gasteiger partial charge in [-0.1, -0.05) is 31.4 Å². The summed E-state index contributed by atoms with van der Waals surface area (Å²) in [5.74, 6) is 1.84. The zero-order valence-corrected chi connectivity index (χ0v) is 12.0. The first-order chi connectivity index (χ1) is 8.38. The zero-order chi connectivity index (χ0) is 11.9. The van der Waals surface area contributed by atoms with Gasteiger partial charge in [0.05, 0.1) is 7.11 Å². The van der Waals surface area contributed by atoms with Gasteiger partial charge in [0, 0.05) is 6.54 Å². The van der Waals surface area contributed by atoms with Gasteiger partial charge in [-0.25, -0.2) is 0 Å². The fraction of sp³-hybridized carbons (Fsp3) is 0.600. The average molecular weight is 270 g/mol. The lowest BCUT2D eigenvalue weighted by Gasteiger charge is -2.21. The average Bonchev–Trinajstić information content (AvgIpc) is 2.41. The lowest BCUT2D eigenvalue weighted by atomic mass is 9.89. The molecular formula is C15H24ClNO. The van der Waals surface area contributed by atoms with Gasteiger partial charge in [0.25, 0.3) is 0 Å². The zero-order valence-electron chi connectivity index (χ0n) is 11.2. The van der Waals surface area contributed by atoms with Crippen molar-refractivity contribution < 1.29 is 4.74 Å². The van der Waals surface area contributed by atoms with E-state index in [4.69, 9.17) is 4.74 Å². The second-order valence-corrected chi connectivity index (χ2v) is 4.98. The van der Waals surface area contributed by atoms with Crippen molar-refractivity contribution in [2.75, 3.05) is 13.7 Å². The number of halogens is 1. The SMILES string of the molecule is COc1ccc(CNCC2CCCCC2)cc1.Cl. The third kappa shape index (κ3) is 4.87. The summed E-state index contributed by atoms with van der Waals surface area (Å²) < 4.78 is 5.15. The Morgan fingerprint density at radius 3 is 2.39 bits per heavy atom. The van der Waals surface area contributed by atoms with Crippen LogP contribution in [-0.2, 0) is 6.54 Å². The molecule has 0 atom stereocenters. The normalized spacial score (nSPS) is 16.1. The molecule has 1 saturated carbocycles. The van der Waals surface area contributed by atoms with Crippen LogP contribution in [0.25, 0.3) is 0 Å². The molecule has 0 aliphatic heterocycles. The molecule has 1 aromatic rings. The summed E-state index contributed by atoms with van der Waals surface area (Å²) in [6.07, 6.45) is 7.12. The Morgan fingerprint density at radius 1 is 1.11 bits per heavy atom. The van der Waals surface area contributed by atoms with Crippen LogP contribution in [0.1, 0.15) is 37.7 Å². The van der Waals surface area contributed by atoms with Crippen molar-refractivity contribution in [2.45, 2.75) is 38.6 Å². The van der Waals surface area contributed by atoms with Crippen LogP contribution in [0.2, 0.25) is 0 Å². The summed E-state index contributed by atoms with van der Waals surface area (Å²) in [5, 5.41) is 3.57. The van der Waals surface area contributed by atoms with Gasteiger partial charge in [-0.2, -0.15) is 0 Å². The maximum atomic E-state index is 5.15. The van der Waals surface area contributed by atoms with E-state index in [1.165, 1.54) is 44.2 Å². The highest BCUT2D eigenvalue weighted by molar-refractivity contribution is 5.85. The predicted octanol–water partition coefficient (Wildman–Crippen LogP) is 3.79.